The summed E-state index contributed by atoms with van der Waals surface area (Å²) in [5.74, 6) is 0.904. The second kappa shape index (κ2) is 7.82. The van der Waals surface area contributed by atoms with E-state index in [2.05, 4.69) is 30.5 Å². The number of primary amides is 1. The van der Waals surface area contributed by atoms with Gasteiger partial charge in [-0.2, -0.15) is 0 Å². The van der Waals surface area contributed by atoms with Gasteiger partial charge >= 0.3 is 0 Å². The zero-order valence-electron chi connectivity index (χ0n) is 16.4. The van der Waals surface area contributed by atoms with Gasteiger partial charge in [0.25, 0.3) is 5.91 Å². The Morgan fingerprint density at radius 1 is 1.15 bits per heavy atom. The maximum atomic E-state index is 11.9. The van der Waals surface area contributed by atoms with E-state index in [0.717, 1.165) is 29.8 Å². The number of rotatable bonds is 7. The molecule has 0 saturated heterocycles. The van der Waals surface area contributed by atoms with E-state index in [1.807, 2.05) is 49.4 Å². The largest absolute Gasteiger partial charge is 0.366 e. The fourth-order valence-corrected chi connectivity index (χ4v) is 3.47. The summed E-state index contributed by atoms with van der Waals surface area (Å²) in [5.41, 5.74) is 9.54. The van der Waals surface area contributed by atoms with Crippen molar-refractivity contribution in [3.05, 3.63) is 53.7 Å². The molecule has 142 valence electrons. The standard InChI is InChI=1S/C22H27N3O2/c1-14(2)10-11-15(3)25-16(4)18(22(23)26)12-20(25)19-13-21(27-24-19)17-8-6-5-7-9-17/h5-9,12-15H,10-11H2,1-4H3,(H2,23,26). The van der Waals surface area contributed by atoms with Crippen molar-refractivity contribution < 1.29 is 9.32 Å². The summed E-state index contributed by atoms with van der Waals surface area (Å²) in [6, 6.07) is 13.8. The average Bonchev–Trinajstić information content (AvgIpc) is 3.25. The van der Waals surface area contributed by atoms with Crippen molar-refractivity contribution in [2.45, 2.75) is 46.6 Å². The minimum atomic E-state index is -0.421. The number of nitrogens with zero attached hydrogens (tertiary/aromatic N) is 2. The van der Waals surface area contributed by atoms with Gasteiger partial charge in [0.05, 0.1) is 11.3 Å². The second-order valence-corrected chi connectivity index (χ2v) is 7.53. The van der Waals surface area contributed by atoms with Crippen LogP contribution in [0.2, 0.25) is 0 Å². The number of nitrogens with two attached hydrogens (primary N) is 1. The van der Waals surface area contributed by atoms with E-state index < -0.39 is 5.91 Å². The molecule has 3 rings (SSSR count). The maximum Gasteiger partial charge on any atom is 0.250 e. The normalized spacial score (nSPS) is 12.5. The summed E-state index contributed by atoms with van der Waals surface area (Å²) in [6.45, 7) is 8.54. The smallest absolute Gasteiger partial charge is 0.250 e. The molecule has 2 N–H and O–H groups in total. The van der Waals surface area contributed by atoms with Crippen LogP contribution in [0.25, 0.3) is 22.7 Å². The van der Waals surface area contributed by atoms with Crippen LogP contribution in [-0.2, 0) is 0 Å². The van der Waals surface area contributed by atoms with E-state index in [1.54, 1.807) is 0 Å². The Balaban J connectivity index is 2.03. The first kappa shape index (κ1) is 19.0. The highest BCUT2D eigenvalue weighted by atomic mass is 16.5. The van der Waals surface area contributed by atoms with Crippen LogP contribution in [0.5, 0.6) is 0 Å². The minimum Gasteiger partial charge on any atom is -0.366 e. The third-order valence-corrected chi connectivity index (χ3v) is 4.99. The van der Waals surface area contributed by atoms with E-state index in [0.29, 0.717) is 22.9 Å². The van der Waals surface area contributed by atoms with Crippen molar-refractivity contribution in [3.8, 4) is 22.7 Å². The van der Waals surface area contributed by atoms with Crippen molar-refractivity contribution in [1.82, 2.24) is 9.72 Å². The van der Waals surface area contributed by atoms with Crippen LogP contribution in [-0.4, -0.2) is 15.6 Å². The molecule has 1 unspecified atom stereocenters. The number of carbonyl (C=O) groups is 1. The van der Waals surface area contributed by atoms with Crippen LogP contribution in [0.3, 0.4) is 0 Å². The molecule has 0 aliphatic heterocycles. The highest BCUT2D eigenvalue weighted by Gasteiger charge is 2.22. The summed E-state index contributed by atoms with van der Waals surface area (Å²) in [5, 5.41) is 4.27. The molecule has 0 bridgehead atoms. The van der Waals surface area contributed by atoms with Gasteiger partial charge in [0.15, 0.2) is 5.76 Å². The third kappa shape index (κ3) is 3.97. The van der Waals surface area contributed by atoms with Crippen LogP contribution < -0.4 is 5.73 Å². The first-order chi connectivity index (χ1) is 12.9. The van der Waals surface area contributed by atoms with Crippen molar-refractivity contribution in [1.29, 1.82) is 0 Å². The van der Waals surface area contributed by atoms with Crippen LogP contribution in [0.15, 0.2) is 47.0 Å². The van der Waals surface area contributed by atoms with Crippen molar-refractivity contribution in [3.63, 3.8) is 0 Å². The lowest BCUT2D eigenvalue weighted by Gasteiger charge is -2.20. The fraction of sp³-hybridized carbons (Fsp3) is 0.364. The molecule has 0 fully saturated rings. The van der Waals surface area contributed by atoms with E-state index in [-0.39, 0.29) is 6.04 Å². The van der Waals surface area contributed by atoms with Gasteiger partial charge in [-0.25, -0.2) is 0 Å². The van der Waals surface area contributed by atoms with Gasteiger partial charge < -0.3 is 14.8 Å². The molecule has 27 heavy (non-hydrogen) atoms. The molecule has 0 aliphatic carbocycles. The van der Waals surface area contributed by atoms with Gasteiger partial charge in [-0.3, -0.25) is 4.79 Å². The lowest BCUT2D eigenvalue weighted by molar-refractivity contribution is 0.0999. The second-order valence-electron chi connectivity index (χ2n) is 7.53. The summed E-state index contributed by atoms with van der Waals surface area (Å²) >= 11 is 0. The Hall–Kier alpha value is -2.82. The van der Waals surface area contributed by atoms with E-state index in [1.165, 1.54) is 0 Å². The Morgan fingerprint density at radius 2 is 1.85 bits per heavy atom. The average molecular weight is 365 g/mol. The summed E-state index contributed by atoms with van der Waals surface area (Å²) in [6.07, 6.45) is 2.12. The molecule has 2 heterocycles. The molecular formula is C22H27N3O2. The van der Waals surface area contributed by atoms with Gasteiger partial charge in [-0.1, -0.05) is 49.3 Å². The number of carbonyl (C=O) groups excluding carboxylic acids is 1. The molecule has 0 radical (unpaired) electrons. The number of hydrogen-bond donors (Lipinski definition) is 1. The Bertz CT molecular complexity index is 922. The van der Waals surface area contributed by atoms with Gasteiger partial charge in [0.2, 0.25) is 0 Å². The first-order valence-corrected chi connectivity index (χ1v) is 9.42. The van der Waals surface area contributed by atoms with Crippen LogP contribution >= 0.6 is 0 Å². The Labute approximate surface area is 160 Å². The Kier molecular flexibility index (Phi) is 5.49. The monoisotopic (exact) mass is 365 g/mol. The molecule has 0 saturated carbocycles. The van der Waals surface area contributed by atoms with E-state index >= 15 is 0 Å². The highest BCUT2D eigenvalue weighted by molar-refractivity contribution is 5.95. The molecular weight excluding hydrogens is 338 g/mol. The summed E-state index contributed by atoms with van der Waals surface area (Å²) in [4.78, 5) is 11.9. The topological polar surface area (TPSA) is 74.1 Å². The predicted molar refractivity (Wildman–Crippen MR) is 107 cm³/mol. The molecule has 1 atom stereocenters. The zero-order valence-corrected chi connectivity index (χ0v) is 16.4. The molecule has 5 heteroatoms. The summed E-state index contributed by atoms with van der Waals surface area (Å²) < 4.78 is 7.73. The van der Waals surface area contributed by atoms with Gasteiger partial charge in [-0.15, -0.1) is 0 Å². The van der Waals surface area contributed by atoms with Crippen LogP contribution in [0.1, 0.15) is 55.7 Å². The molecule has 2 aromatic heterocycles. The van der Waals surface area contributed by atoms with Crippen molar-refractivity contribution >= 4 is 5.91 Å². The number of hydrogen-bond acceptors (Lipinski definition) is 3. The van der Waals surface area contributed by atoms with Gasteiger partial charge in [-0.05, 0) is 38.7 Å². The van der Waals surface area contributed by atoms with Gasteiger partial charge in [0, 0.05) is 23.4 Å². The lowest BCUT2D eigenvalue weighted by atomic mass is 10.0. The zero-order chi connectivity index (χ0) is 19.6. The van der Waals surface area contributed by atoms with Crippen LogP contribution in [0.4, 0.5) is 0 Å². The first-order valence-electron chi connectivity index (χ1n) is 9.42. The third-order valence-electron chi connectivity index (χ3n) is 4.99. The molecule has 0 spiro atoms. The lowest BCUT2D eigenvalue weighted by Crippen LogP contribution is -2.14. The quantitative estimate of drug-likeness (QED) is 0.624. The molecule has 1 amide bonds. The minimum absolute atomic E-state index is 0.229. The van der Waals surface area contributed by atoms with Crippen molar-refractivity contribution in [2.75, 3.05) is 0 Å². The predicted octanol–water partition coefficient (Wildman–Crippen LogP) is 5.21. The SMILES string of the molecule is Cc1c(C(N)=O)cc(-c2cc(-c3ccccc3)on2)n1C(C)CCC(C)C. The van der Waals surface area contributed by atoms with Crippen molar-refractivity contribution in [2.24, 2.45) is 11.7 Å². The maximum absolute atomic E-state index is 11.9. The number of benzene rings is 1. The molecule has 1 aromatic carbocycles. The van der Waals surface area contributed by atoms with Crippen LogP contribution in [0, 0.1) is 12.8 Å². The Morgan fingerprint density at radius 3 is 2.48 bits per heavy atom. The van der Waals surface area contributed by atoms with Gasteiger partial charge in [0.1, 0.15) is 5.69 Å². The van der Waals surface area contributed by atoms with E-state index in [4.69, 9.17) is 10.3 Å². The molecule has 5 nitrogen and oxygen atoms in total. The van der Waals surface area contributed by atoms with E-state index in [9.17, 15) is 4.79 Å². The number of amides is 1. The summed E-state index contributed by atoms with van der Waals surface area (Å²) in [7, 11) is 0. The number of aromatic nitrogens is 2. The molecule has 0 aliphatic rings. The molecule has 3 aromatic rings. The fourth-order valence-electron chi connectivity index (χ4n) is 3.47. The highest BCUT2D eigenvalue weighted by Crippen LogP contribution is 2.33.